The summed E-state index contributed by atoms with van der Waals surface area (Å²) < 4.78 is 8.25. The molecule has 3 heterocycles. The Hall–Kier alpha value is -1.14. The summed E-state index contributed by atoms with van der Waals surface area (Å²) in [5.74, 6) is 0. The summed E-state index contributed by atoms with van der Waals surface area (Å²) in [5.41, 5.74) is 3.04. The first kappa shape index (κ1) is 12.9. The number of nitrogens with zero attached hydrogens (tertiary/aromatic N) is 3. The lowest BCUT2D eigenvalue weighted by atomic mass is 10.2. The maximum atomic E-state index is 5.42. The Morgan fingerprint density at radius 3 is 3.05 bits per heavy atom. The van der Waals surface area contributed by atoms with Crippen molar-refractivity contribution in [1.29, 1.82) is 0 Å². The molecule has 1 aliphatic heterocycles. The largest absolute Gasteiger partial charge is 0.379 e. The molecule has 1 N–H and O–H groups in total. The van der Waals surface area contributed by atoms with Crippen molar-refractivity contribution in [3.05, 3.63) is 16.9 Å². The Bertz CT molecular complexity index is 590. The summed E-state index contributed by atoms with van der Waals surface area (Å²) in [4.78, 5) is 4.48. The zero-order chi connectivity index (χ0) is 13.4. The third-order valence-corrected chi connectivity index (χ3v) is 3.71. The first-order valence-electron chi connectivity index (χ1n) is 6.53. The number of nitrogens with one attached hydrogen (secondary N) is 1. The molecule has 0 saturated carbocycles. The van der Waals surface area contributed by atoms with Crippen LogP contribution < -0.4 is 5.32 Å². The van der Waals surface area contributed by atoms with E-state index in [2.05, 4.69) is 45.2 Å². The van der Waals surface area contributed by atoms with E-state index in [1.54, 1.807) is 0 Å². The van der Waals surface area contributed by atoms with Crippen molar-refractivity contribution >= 4 is 32.7 Å². The van der Waals surface area contributed by atoms with Crippen molar-refractivity contribution < 1.29 is 4.74 Å². The number of anilines is 1. The Morgan fingerprint density at radius 1 is 1.53 bits per heavy atom. The van der Waals surface area contributed by atoms with Gasteiger partial charge in [0.2, 0.25) is 0 Å². The average Bonchev–Trinajstić information content (AvgIpc) is 2.96. The molecule has 0 spiro atoms. The minimum absolute atomic E-state index is 0.306. The topological polar surface area (TPSA) is 52.0 Å². The van der Waals surface area contributed by atoms with E-state index in [0.29, 0.717) is 12.1 Å². The van der Waals surface area contributed by atoms with E-state index in [0.717, 1.165) is 41.0 Å². The minimum atomic E-state index is 0.306. The molecule has 0 radical (unpaired) electrons. The number of ether oxygens (including phenoxy) is 1. The predicted molar refractivity (Wildman–Crippen MR) is 78.5 cm³/mol. The second kappa shape index (κ2) is 5.09. The van der Waals surface area contributed by atoms with Crippen molar-refractivity contribution in [2.24, 2.45) is 0 Å². The van der Waals surface area contributed by atoms with E-state index in [-0.39, 0.29) is 0 Å². The van der Waals surface area contributed by atoms with E-state index >= 15 is 0 Å². The van der Waals surface area contributed by atoms with Crippen LogP contribution in [0.3, 0.4) is 0 Å². The van der Waals surface area contributed by atoms with Crippen LogP contribution in [0.2, 0.25) is 0 Å². The SMILES string of the molecule is CC(C)n1ncc2nc(Br)cc(NC3CCOC3)c21. The van der Waals surface area contributed by atoms with Gasteiger partial charge in [0, 0.05) is 12.6 Å². The smallest absolute Gasteiger partial charge is 0.112 e. The average molecular weight is 325 g/mol. The van der Waals surface area contributed by atoms with Crippen molar-refractivity contribution in [2.75, 3.05) is 18.5 Å². The van der Waals surface area contributed by atoms with Crippen LogP contribution in [-0.4, -0.2) is 34.0 Å². The fourth-order valence-corrected chi connectivity index (χ4v) is 2.82. The Labute approximate surface area is 120 Å². The predicted octanol–water partition coefficient (Wildman–Crippen LogP) is 2.98. The number of fused-ring (bicyclic) bond motifs is 1. The molecule has 0 aliphatic carbocycles. The van der Waals surface area contributed by atoms with E-state index in [1.165, 1.54) is 0 Å². The van der Waals surface area contributed by atoms with E-state index in [1.807, 2.05) is 16.9 Å². The highest BCUT2D eigenvalue weighted by Gasteiger charge is 2.19. The Morgan fingerprint density at radius 2 is 2.37 bits per heavy atom. The highest BCUT2D eigenvalue weighted by atomic mass is 79.9. The highest BCUT2D eigenvalue weighted by molar-refractivity contribution is 9.10. The molecule has 2 aromatic heterocycles. The maximum Gasteiger partial charge on any atom is 0.112 e. The monoisotopic (exact) mass is 324 g/mol. The first-order chi connectivity index (χ1) is 9.15. The molecule has 1 fully saturated rings. The molecule has 0 aromatic carbocycles. The van der Waals surface area contributed by atoms with Crippen molar-refractivity contribution in [1.82, 2.24) is 14.8 Å². The zero-order valence-electron chi connectivity index (χ0n) is 11.1. The molecule has 1 aliphatic rings. The molecule has 3 rings (SSSR count). The summed E-state index contributed by atoms with van der Waals surface area (Å²) in [6.07, 6.45) is 2.85. The van der Waals surface area contributed by atoms with Crippen LogP contribution in [0.4, 0.5) is 5.69 Å². The molecule has 0 bridgehead atoms. The lowest BCUT2D eigenvalue weighted by Gasteiger charge is -2.16. The number of pyridine rings is 1. The van der Waals surface area contributed by atoms with Gasteiger partial charge in [-0.2, -0.15) is 5.10 Å². The van der Waals surface area contributed by atoms with Crippen LogP contribution in [0.1, 0.15) is 26.3 Å². The van der Waals surface area contributed by atoms with Crippen LogP contribution in [-0.2, 0) is 4.74 Å². The fourth-order valence-electron chi connectivity index (χ4n) is 2.40. The molecule has 102 valence electrons. The third-order valence-electron chi connectivity index (χ3n) is 3.30. The minimum Gasteiger partial charge on any atom is -0.379 e. The van der Waals surface area contributed by atoms with Gasteiger partial charge in [0.15, 0.2) is 0 Å². The molecular weight excluding hydrogens is 308 g/mol. The number of rotatable bonds is 3. The van der Waals surface area contributed by atoms with Gasteiger partial charge in [-0.15, -0.1) is 0 Å². The quantitative estimate of drug-likeness (QED) is 0.882. The van der Waals surface area contributed by atoms with Gasteiger partial charge < -0.3 is 10.1 Å². The lowest BCUT2D eigenvalue weighted by Crippen LogP contribution is -2.20. The molecule has 6 heteroatoms. The third kappa shape index (κ3) is 2.47. The molecule has 0 amide bonds. The van der Waals surface area contributed by atoms with Gasteiger partial charge in [-0.1, -0.05) is 0 Å². The molecule has 1 atom stereocenters. The summed E-state index contributed by atoms with van der Waals surface area (Å²) in [6, 6.07) is 2.69. The van der Waals surface area contributed by atoms with Crippen LogP contribution in [0.15, 0.2) is 16.9 Å². The Kier molecular flexibility index (Phi) is 3.45. The lowest BCUT2D eigenvalue weighted by molar-refractivity contribution is 0.195. The molecule has 1 unspecified atom stereocenters. The van der Waals surface area contributed by atoms with Gasteiger partial charge in [0.05, 0.1) is 24.5 Å². The zero-order valence-corrected chi connectivity index (χ0v) is 12.6. The van der Waals surface area contributed by atoms with Gasteiger partial charge in [0.25, 0.3) is 0 Å². The van der Waals surface area contributed by atoms with Gasteiger partial charge in [-0.25, -0.2) is 4.98 Å². The van der Waals surface area contributed by atoms with Crippen molar-refractivity contribution in [3.63, 3.8) is 0 Å². The second-order valence-corrected chi connectivity index (χ2v) is 5.93. The highest BCUT2D eigenvalue weighted by Crippen LogP contribution is 2.28. The number of halogens is 1. The summed E-state index contributed by atoms with van der Waals surface area (Å²) in [7, 11) is 0. The standard InChI is InChI=1S/C13H17BrN4O/c1-8(2)18-13-10(16-9-3-4-19-7-9)5-12(14)17-11(13)6-15-18/h5-6,8-9H,3-4,7H2,1-2H3,(H,16,17). The van der Waals surface area contributed by atoms with Crippen LogP contribution >= 0.6 is 15.9 Å². The molecule has 19 heavy (non-hydrogen) atoms. The molecule has 1 saturated heterocycles. The van der Waals surface area contributed by atoms with Gasteiger partial charge in [-0.05, 0) is 42.3 Å². The summed E-state index contributed by atoms with van der Waals surface area (Å²) >= 11 is 3.46. The molecular formula is C13H17BrN4O. The van der Waals surface area contributed by atoms with E-state index in [4.69, 9.17) is 4.74 Å². The Balaban J connectivity index is 2.06. The summed E-state index contributed by atoms with van der Waals surface area (Å²) in [6.45, 7) is 5.83. The number of hydrogen-bond acceptors (Lipinski definition) is 4. The molecule has 2 aromatic rings. The number of hydrogen-bond donors (Lipinski definition) is 1. The maximum absolute atomic E-state index is 5.42. The summed E-state index contributed by atoms with van der Waals surface area (Å²) in [5, 5.41) is 7.98. The van der Waals surface area contributed by atoms with Crippen molar-refractivity contribution in [2.45, 2.75) is 32.4 Å². The van der Waals surface area contributed by atoms with Gasteiger partial charge >= 0.3 is 0 Å². The van der Waals surface area contributed by atoms with E-state index < -0.39 is 0 Å². The molecule has 5 nitrogen and oxygen atoms in total. The fraction of sp³-hybridized carbons (Fsp3) is 0.538. The normalized spacial score (nSPS) is 19.5. The van der Waals surface area contributed by atoms with Crippen LogP contribution in [0.25, 0.3) is 11.0 Å². The van der Waals surface area contributed by atoms with Crippen molar-refractivity contribution in [3.8, 4) is 0 Å². The van der Waals surface area contributed by atoms with Gasteiger partial charge in [0.1, 0.15) is 15.6 Å². The number of aromatic nitrogens is 3. The second-order valence-electron chi connectivity index (χ2n) is 5.11. The van der Waals surface area contributed by atoms with Gasteiger partial charge in [-0.3, -0.25) is 4.68 Å². The van der Waals surface area contributed by atoms with Crippen LogP contribution in [0.5, 0.6) is 0 Å². The first-order valence-corrected chi connectivity index (χ1v) is 7.32. The van der Waals surface area contributed by atoms with Crippen LogP contribution in [0, 0.1) is 0 Å². The van der Waals surface area contributed by atoms with E-state index in [9.17, 15) is 0 Å².